The second-order valence-electron chi connectivity index (χ2n) is 14.1. The Morgan fingerprint density at radius 2 is 0.942 bits per heavy atom. The van der Waals surface area contributed by atoms with Crippen LogP contribution in [0.25, 0.3) is 45.5 Å². The molecule has 8 rings (SSSR count). The Kier molecular flexibility index (Phi) is 8.95. The number of fused-ring (bicyclic) bond motifs is 3. The smallest absolute Gasteiger partial charge is 0.0465 e. The lowest BCUT2D eigenvalue weighted by Crippen LogP contribution is -2.23. The Bertz CT molecular complexity index is 2300. The van der Waals surface area contributed by atoms with Crippen molar-refractivity contribution in [3.8, 4) is 33.4 Å². The highest BCUT2D eigenvalue weighted by Crippen LogP contribution is 2.54. The van der Waals surface area contributed by atoms with E-state index in [1.165, 1.54) is 72.4 Å². The maximum atomic E-state index is 2.46. The number of rotatable bonds is 9. The normalized spacial score (nSPS) is 12.8. The van der Waals surface area contributed by atoms with Gasteiger partial charge in [-0.15, -0.1) is 0 Å². The monoisotopic (exact) mass is 671 g/mol. The maximum Gasteiger partial charge on any atom is 0.0465 e. The van der Waals surface area contributed by atoms with E-state index in [0.717, 1.165) is 24.2 Å². The number of para-hydroxylation sites is 2. The third kappa shape index (κ3) is 5.97. The molecule has 254 valence electrons. The number of nitrogens with zero attached hydrogens (tertiary/aromatic N) is 1. The van der Waals surface area contributed by atoms with Gasteiger partial charge in [-0.25, -0.2) is 0 Å². The first kappa shape index (κ1) is 33.2. The summed E-state index contributed by atoms with van der Waals surface area (Å²) >= 11 is 0. The number of anilines is 3. The Morgan fingerprint density at radius 3 is 1.52 bits per heavy atom. The molecule has 1 aliphatic rings. The molecular weight excluding hydrogens is 627 g/mol. The average molecular weight is 672 g/mol. The topological polar surface area (TPSA) is 3.24 Å². The molecule has 0 aliphatic heterocycles. The van der Waals surface area contributed by atoms with Crippen LogP contribution in [0.4, 0.5) is 17.1 Å². The van der Waals surface area contributed by atoms with Crippen LogP contribution < -0.4 is 4.90 Å². The third-order valence-corrected chi connectivity index (χ3v) is 11.2. The predicted octanol–water partition coefficient (Wildman–Crippen LogP) is 14.4. The maximum absolute atomic E-state index is 2.46. The van der Waals surface area contributed by atoms with Gasteiger partial charge >= 0.3 is 0 Å². The second kappa shape index (κ2) is 14.0. The largest absolute Gasteiger partial charge is 0.310 e. The Balaban J connectivity index is 1.09. The van der Waals surface area contributed by atoms with Gasteiger partial charge in [-0.1, -0.05) is 153 Å². The minimum atomic E-state index is -0.0446. The molecule has 0 heterocycles. The van der Waals surface area contributed by atoms with E-state index in [1.54, 1.807) is 0 Å². The molecule has 0 spiro atoms. The van der Waals surface area contributed by atoms with Gasteiger partial charge in [0.25, 0.3) is 0 Å². The van der Waals surface area contributed by atoms with Crippen LogP contribution in [0, 0.1) is 13.8 Å². The molecule has 7 aromatic carbocycles. The van der Waals surface area contributed by atoms with E-state index in [9.17, 15) is 0 Å². The first-order valence-corrected chi connectivity index (χ1v) is 18.6. The summed E-state index contributed by atoms with van der Waals surface area (Å²) in [6.07, 6.45) is 6.62. The van der Waals surface area contributed by atoms with Crippen molar-refractivity contribution in [1.82, 2.24) is 0 Å². The summed E-state index contributed by atoms with van der Waals surface area (Å²) in [6.45, 7) is 9.16. The molecular formula is C51H45N. The quantitative estimate of drug-likeness (QED) is 0.138. The lowest BCUT2D eigenvalue weighted by atomic mass is 9.73. The Morgan fingerprint density at radius 1 is 0.442 bits per heavy atom. The molecule has 0 amide bonds. The molecule has 0 N–H and O–H groups in total. The lowest BCUT2D eigenvalue weighted by molar-refractivity contribution is 0.490. The van der Waals surface area contributed by atoms with Gasteiger partial charge in [0.2, 0.25) is 0 Å². The molecule has 0 unspecified atom stereocenters. The summed E-state index contributed by atoms with van der Waals surface area (Å²) in [5, 5.41) is 0. The van der Waals surface area contributed by atoms with Gasteiger partial charge in [-0.2, -0.15) is 0 Å². The van der Waals surface area contributed by atoms with E-state index >= 15 is 0 Å². The molecule has 0 bridgehead atoms. The van der Waals surface area contributed by atoms with Crippen molar-refractivity contribution >= 4 is 29.2 Å². The molecule has 1 heteroatoms. The van der Waals surface area contributed by atoms with Gasteiger partial charge in [-0.05, 0) is 130 Å². The molecule has 52 heavy (non-hydrogen) atoms. The molecule has 7 aromatic rings. The summed E-state index contributed by atoms with van der Waals surface area (Å²) in [7, 11) is 0. The summed E-state index contributed by atoms with van der Waals surface area (Å²) < 4.78 is 0. The third-order valence-electron chi connectivity index (χ3n) is 11.2. The first-order chi connectivity index (χ1) is 25.5. The predicted molar refractivity (Wildman–Crippen MR) is 224 cm³/mol. The van der Waals surface area contributed by atoms with Crippen molar-refractivity contribution in [3.05, 3.63) is 197 Å². The fourth-order valence-electron chi connectivity index (χ4n) is 8.53. The fourth-order valence-corrected chi connectivity index (χ4v) is 8.53. The summed E-state index contributed by atoms with van der Waals surface area (Å²) in [4.78, 5) is 2.38. The van der Waals surface area contributed by atoms with Gasteiger partial charge in [-0.3, -0.25) is 0 Å². The van der Waals surface area contributed by atoms with Gasteiger partial charge < -0.3 is 4.90 Å². The van der Waals surface area contributed by atoms with Gasteiger partial charge in [0.15, 0.2) is 0 Å². The molecule has 0 saturated carbocycles. The van der Waals surface area contributed by atoms with Crippen molar-refractivity contribution < 1.29 is 0 Å². The van der Waals surface area contributed by atoms with E-state index in [-0.39, 0.29) is 5.41 Å². The summed E-state index contributed by atoms with van der Waals surface area (Å²) in [5.41, 5.74) is 19.2. The van der Waals surface area contributed by atoms with E-state index < -0.39 is 0 Å². The van der Waals surface area contributed by atoms with Crippen molar-refractivity contribution in [3.63, 3.8) is 0 Å². The highest BCUT2D eigenvalue weighted by molar-refractivity contribution is 5.87. The van der Waals surface area contributed by atoms with Crippen LogP contribution in [0.5, 0.6) is 0 Å². The van der Waals surface area contributed by atoms with Crippen LogP contribution in [0.15, 0.2) is 164 Å². The van der Waals surface area contributed by atoms with E-state index in [2.05, 4.69) is 209 Å². The SMILES string of the molecule is CCC1(CC)c2cc(/C=C/c3ccc(-c4c(C)cc(-c5ccccc5)cc4C)cc3)ccc2-c2ccc(N(c3ccccc3)c3ccccc3)cc21. The molecule has 0 aromatic heterocycles. The fraction of sp³-hybridized carbons (Fsp3) is 0.137. The Hall–Kier alpha value is -5.92. The molecule has 0 atom stereocenters. The van der Waals surface area contributed by atoms with Crippen LogP contribution in [0.1, 0.15) is 60.1 Å². The average Bonchev–Trinajstić information content (AvgIpc) is 3.47. The molecule has 0 saturated heterocycles. The number of aryl methyl sites for hydroxylation is 2. The second-order valence-corrected chi connectivity index (χ2v) is 14.1. The molecule has 1 aliphatic carbocycles. The van der Waals surface area contributed by atoms with Gasteiger partial charge in [0.1, 0.15) is 0 Å². The van der Waals surface area contributed by atoms with E-state index in [1.807, 2.05) is 0 Å². The Labute approximate surface area is 309 Å². The van der Waals surface area contributed by atoms with Crippen molar-refractivity contribution in [2.75, 3.05) is 4.90 Å². The van der Waals surface area contributed by atoms with E-state index in [4.69, 9.17) is 0 Å². The van der Waals surface area contributed by atoms with Crippen LogP contribution >= 0.6 is 0 Å². The summed E-state index contributed by atoms with van der Waals surface area (Å²) in [5.74, 6) is 0. The zero-order valence-corrected chi connectivity index (χ0v) is 30.6. The lowest BCUT2D eigenvalue weighted by Gasteiger charge is -2.32. The zero-order chi connectivity index (χ0) is 35.7. The van der Waals surface area contributed by atoms with Crippen LogP contribution in [-0.2, 0) is 5.41 Å². The zero-order valence-electron chi connectivity index (χ0n) is 30.6. The van der Waals surface area contributed by atoms with Gasteiger partial charge in [0, 0.05) is 22.5 Å². The summed E-state index contributed by atoms with van der Waals surface area (Å²) in [6, 6.07) is 59.9. The highest BCUT2D eigenvalue weighted by Gasteiger charge is 2.41. The van der Waals surface area contributed by atoms with E-state index in [0.29, 0.717) is 0 Å². The van der Waals surface area contributed by atoms with Crippen molar-refractivity contribution in [2.45, 2.75) is 46.0 Å². The molecule has 1 nitrogen and oxygen atoms in total. The minimum Gasteiger partial charge on any atom is -0.310 e. The minimum absolute atomic E-state index is 0.0446. The number of hydrogen-bond acceptors (Lipinski definition) is 1. The standard InChI is InChI=1S/C51H45N/c1-5-51(6-2)48-34-39(23-22-38-24-27-41(28-25-38)50-36(3)32-42(33-37(50)4)40-16-10-7-11-17-40)26-30-46(48)47-31-29-45(35-49(47)51)52(43-18-12-8-13-19-43)44-20-14-9-15-21-44/h7-35H,5-6H2,1-4H3/b23-22+. The van der Waals surface area contributed by atoms with Crippen molar-refractivity contribution in [2.24, 2.45) is 0 Å². The van der Waals surface area contributed by atoms with Crippen molar-refractivity contribution in [1.29, 1.82) is 0 Å². The number of benzene rings is 7. The first-order valence-electron chi connectivity index (χ1n) is 18.6. The van der Waals surface area contributed by atoms with Crippen LogP contribution in [0.3, 0.4) is 0 Å². The van der Waals surface area contributed by atoms with Crippen LogP contribution in [-0.4, -0.2) is 0 Å². The van der Waals surface area contributed by atoms with Gasteiger partial charge in [0.05, 0.1) is 0 Å². The molecule has 0 radical (unpaired) electrons. The highest BCUT2D eigenvalue weighted by atomic mass is 15.1. The molecule has 0 fully saturated rings. The number of hydrogen-bond donors (Lipinski definition) is 0. The van der Waals surface area contributed by atoms with Crippen LogP contribution in [0.2, 0.25) is 0 Å².